The second-order valence-corrected chi connectivity index (χ2v) is 5.82. The van der Waals surface area contributed by atoms with E-state index in [4.69, 9.17) is 5.73 Å². The highest BCUT2D eigenvalue weighted by Gasteiger charge is 2.16. The average molecular weight is 337 g/mol. The molecule has 1 rings (SSSR count). The van der Waals surface area contributed by atoms with Gasteiger partial charge in [-0.2, -0.15) is 0 Å². The van der Waals surface area contributed by atoms with E-state index in [2.05, 4.69) is 31.9 Å². The monoisotopic (exact) mass is 335 g/mol. The van der Waals surface area contributed by atoms with E-state index in [1.807, 2.05) is 0 Å². The van der Waals surface area contributed by atoms with Crippen LogP contribution in [0.15, 0.2) is 18.2 Å². The van der Waals surface area contributed by atoms with Crippen LogP contribution in [-0.4, -0.2) is 20.5 Å². The number of hydrogen-bond donors (Lipinski definition) is 2. The lowest BCUT2D eigenvalue weighted by Gasteiger charge is -2.04. The molecule has 0 heterocycles. The summed E-state index contributed by atoms with van der Waals surface area (Å²) in [5, 5.41) is 9.29. The van der Waals surface area contributed by atoms with Crippen LogP contribution in [0.5, 0.6) is 5.75 Å². The van der Waals surface area contributed by atoms with Gasteiger partial charge in [-0.1, -0.05) is 31.9 Å². The third kappa shape index (κ3) is 2.79. The molecule has 0 aliphatic carbocycles. The smallest absolute Gasteiger partial charge is 0.252 e. The van der Waals surface area contributed by atoms with Crippen LogP contribution in [0.25, 0.3) is 0 Å². The molecule has 4 nitrogen and oxygen atoms in total. The van der Waals surface area contributed by atoms with Crippen LogP contribution in [0.2, 0.25) is 0 Å². The zero-order chi connectivity index (χ0) is 11.6. The number of phenols is 1. The molecule has 6 heteroatoms. The van der Waals surface area contributed by atoms with E-state index in [9.17, 15) is 14.7 Å². The Labute approximate surface area is 103 Å². The second kappa shape index (κ2) is 4.76. The predicted molar refractivity (Wildman–Crippen MR) is 62.6 cm³/mol. The zero-order valence-corrected chi connectivity index (χ0v) is 10.6. The van der Waals surface area contributed by atoms with E-state index in [1.54, 1.807) is 0 Å². The Balaban J connectivity index is 3.19. The molecular weight excluding hydrogens is 330 g/mol. The molecule has 3 N–H and O–H groups in total. The first-order valence-corrected chi connectivity index (χ1v) is 5.72. The number of Topliss-reactive ketones (excluding diaryl/α,β-unsaturated/α-hetero) is 1. The second-order valence-electron chi connectivity index (χ2n) is 2.76. The number of carbonyl (C=O) groups is 2. The van der Waals surface area contributed by atoms with Crippen LogP contribution in [0.4, 0.5) is 0 Å². The van der Waals surface area contributed by atoms with Gasteiger partial charge in [-0.05, 0) is 18.2 Å². The van der Waals surface area contributed by atoms with Gasteiger partial charge in [0.25, 0.3) is 5.91 Å². The molecular formula is C9H7Br2NO3. The maximum Gasteiger partial charge on any atom is 0.252 e. The topological polar surface area (TPSA) is 80.4 Å². The molecule has 0 saturated heterocycles. The van der Waals surface area contributed by atoms with Gasteiger partial charge in [-0.3, -0.25) is 9.59 Å². The van der Waals surface area contributed by atoms with Crippen LogP contribution < -0.4 is 5.73 Å². The maximum absolute atomic E-state index is 11.5. The summed E-state index contributed by atoms with van der Waals surface area (Å²) >= 11 is 6.09. The van der Waals surface area contributed by atoms with Crippen LogP contribution in [-0.2, 0) is 0 Å². The molecule has 0 aliphatic heterocycles. The van der Waals surface area contributed by atoms with Gasteiger partial charge < -0.3 is 10.8 Å². The minimum atomic E-state index is -0.775. The van der Waals surface area contributed by atoms with Crippen molar-refractivity contribution in [3.05, 3.63) is 29.3 Å². The molecule has 80 valence electrons. The quantitative estimate of drug-likeness (QED) is 0.652. The molecule has 0 aromatic heterocycles. The highest BCUT2D eigenvalue weighted by molar-refractivity contribution is 9.25. The van der Waals surface area contributed by atoms with Crippen molar-refractivity contribution in [2.24, 2.45) is 5.73 Å². The fraction of sp³-hybridized carbons (Fsp3) is 0.111. The summed E-state index contributed by atoms with van der Waals surface area (Å²) < 4.78 is -0.532. The summed E-state index contributed by atoms with van der Waals surface area (Å²) in [5.41, 5.74) is 5.25. The third-order valence-corrected chi connectivity index (χ3v) is 2.58. The van der Waals surface area contributed by atoms with Gasteiger partial charge in [-0.25, -0.2) is 0 Å². The summed E-state index contributed by atoms with van der Waals surface area (Å²) in [6, 6.07) is 3.94. The Bertz CT molecular complexity index is 418. The molecule has 0 bridgehead atoms. The van der Waals surface area contributed by atoms with Crippen molar-refractivity contribution in [1.82, 2.24) is 0 Å². The molecule has 1 amide bonds. The Morgan fingerprint density at radius 2 is 1.93 bits per heavy atom. The van der Waals surface area contributed by atoms with Gasteiger partial charge >= 0.3 is 0 Å². The SMILES string of the molecule is NC(=O)c1cc(C(=O)C(Br)Br)ccc1O. The van der Waals surface area contributed by atoms with E-state index in [-0.39, 0.29) is 17.1 Å². The molecule has 1 aromatic carbocycles. The number of ketones is 1. The van der Waals surface area contributed by atoms with Crippen molar-refractivity contribution >= 4 is 43.6 Å². The van der Waals surface area contributed by atoms with E-state index in [0.717, 1.165) is 0 Å². The highest BCUT2D eigenvalue weighted by atomic mass is 79.9. The van der Waals surface area contributed by atoms with Gasteiger partial charge in [0.2, 0.25) is 0 Å². The largest absolute Gasteiger partial charge is 0.507 e. The average Bonchev–Trinajstić information content (AvgIpc) is 2.16. The first-order valence-electron chi connectivity index (χ1n) is 3.88. The molecule has 0 unspecified atom stereocenters. The number of alkyl halides is 2. The molecule has 0 fully saturated rings. The molecule has 0 saturated carbocycles. The fourth-order valence-corrected chi connectivity index (χ4v) is 1.54. The lowest BCUT2D eigenvalue weighted by atomic mass is 10.1. The van der Waals surface area contributed by atoms with Crippen LogP contribution in [0, 0.1) is 0 Å². The number of rotatable bonds is 3. The summed E-state index contributed by atoms with van der Waals surface area (Å²) in [7, 11) is 0. The predicted octanol–water partition coefficient (Wildman–Crippen LogP) is 1.79. The Kier molecular flexibility index (Phi) is 3.87. The Morgan fingerprint density at radius 1 is 1.33 bits per heavy atom. The summed E-state index contributed by atoms with van der Waals surface area (Å²) in [4.78, 5) is 22.4. The van der Waals surface area contributed by atoms with Crippen molar-refractivity contribution in [2.75, 3.05) is 0 Å². The zero-order valence-electron chi connectivity index (χ0n) is 7.41. The normalized spacial score (nSPS) is 10.3. The van der Waals surface area contributed by atoms with Gasteiger partial charge in [0.15, 0.2) is 5.78 Å². The number of carbonyl (C=O) groups excluding carboxylic acids is 2. The molecule has 0 atom stereocenters. The number of halogens is 2. The van der Waals surface area contributed by atoms with E-state index < -0.39 is 9.64 Å². The highest BCUT2D eigenvalue weighted by Crippen LogP contribution is 2.21. The van der Waals surface area contributed by atoms with Gasteiger partial charge in [-0.15, -0.1) is 0 Å². The van der Waals surface area contributed by atoms with Crippen molar-refractivity contribution in [1.29, 1.82) is 0 Å². The molecule has 15 heavy (non-hydrogen) atoms. The third-order valence-electron chi connectivity index (χ3n) is 1.74. The summed E-state index contributed by atoms with van der Waals surface area (Å²) in [6.45, 7) is 0. The molecule has 0 spiro atoms. The van der Waals surface area contributed by atoms with E-state index in [0.29, 0.717) is 5.56 Å². The van der Waals surface area contributed by atoms with Crippen molar-refractivity contribution in [2.45, 2.75) is 3.74 Å². The van der Waals surface area contributed by atoms with Gasteiger partial charge in [0.1, 0.15) is 9.49 Å². The fourth-order valence-electron chi connectivity index (χ4n) is 1.01. The van der Waals surface area contributed by atoms with Crippen LogP contribution >= 0.6 is 31.9 Å². The number of aromatic hydroxyl groups is 1. The van der Waals surface area contributed by atoms with Crippen molar-refractivity contribution < 1.29 is 14.7 Å². The van der Waals surface area contributed by atoms with E-state index >= 15 is 0 Å². The van der Waals surface area contributed by atoms with Crippen molar-refractivity contribution in [3.8, 4) is 5.75 Å². The number of hydrogen-bond acceptors (Lipinski definition) is 3. The molecule has 1 aromatic rings. The molecule has 0 radical (unpaired) electrons. The standard InChI is InChI=1S/C9H7Br2NO3/c10-8(11)7(14)4-1-2-6(13)5(3-4)9(12)15/h1-3,8,13H,(H2,12,15). The number of primary amides is 1. The minimum absolute atomic E-state index is 0.0681. The first kappa shape index (κ1) is 12.2. The lowest BCUT2D eigenvalue weighted by Crippen LogP contribution is -2.13. The first-order chi connectivity index (χ1) is 6.93. The van der Waals surface area contributed by atoms with Crippen LogP contribution in [0.1, 0.15) is 20.7 Å². The summed E-state index contributed by atoms with van der Waals surface area (Å²) in [6.07, 6.45) is 0. The van der Waals surface area contributed by atoms with Gasteiger partial charge in [0, 0.05) is 5.56 Å². The van der Waals surface area contributed by atoms with Crippen molar-refractivity contribution in [3.63, 3.8) is 0 Å². The maximum atomic E-state index is 11.5. The van der Waals surface area contributed by atoms with E-state index in [1.165, 1.54) is 18.2 Å². The number of amides is 1. The van der Waals surface area contributed by atoms with Gasteiger partial charge in [0.05, 0.1) is 5.56 Å². The number of nitrogens with two attached hydrogens (primary N) is 1. The molecule has 0 aliphatic rings. The summed E-state index contributed by atoms with van der Waals surface area (Å²) in [5.74, 6) is -1.26. The Morgan fingerprint density at radius 3 is 2.40 bits per heavy atom. The number of benzene rings is 1. The van der Waals surface area contributed by atoms with Crippen LogP contribution in [0.3, 0.4) is 0 Å². The minimum Gasteiger partial charge on any atom is -0.507 e. The Hall–Kier alpha value is -0.880. The lowest BCUT2D eigenvalue weighted by molar-refractivity contribution is 0.0997.